The van der Waals surface area contributed by atoms with Gasteiger partial charge in [0, 0.05) is 53.3 Å². The average molecular weight is 662 g/mol. The Hall–Kier alpha value is -6.43. The quantitative estimate of drug-likeness (QED) is 0.184. The smallest absolute Gasteiger partial charge is 0.164 e. The van der Waals surface area contributed by atoms with Gasteiger partial charge >= 0.3 is 0 Å². The number of aromatic nitrogens is 4. The van der Waals surface area contributed by atoms with Crippen LogP contribution in [0.5, 0.6) is 0 Å². The number of hydrogen-bond acceptors (Lipinski definition) is 4. The molecular formula is C45H28N4S. The average Bonchev–Trinajstić information content (AvgIpc) is 3.79. The number of rotatable bonds is 5. The Balaban J connectivity index is 1.25. The van der Waals surface area contributed by atoms with Crippen LogP contribution in [-0.2, 0) is 0 Å². The van der Waals surface area contributed by atoms with Crippen molar-refractivity contribution in [2.75, 3.05) is 0 Å². The zero-order valence-electron chi connectivity index (χ0n) is 31.5. The summed E-state index contributed by atoms with van der Waals surface area (Å²) >= 11 is 1.52. The van der Waals surface area contributed by atoms with E-state index in [9.17, 15) is 0 Å². The number of fused-ring (bicyclic) bond motifs is 6. The molecule has 3 heterocycles. The summed E-state index contributed by atoms with van der Waals surface area (Å²) in [5.74, 6) is 1.59. The third-order valence-corrected chi connectivity index (χ3v) is 10.4. The fourth-order valence-corrected chi connectivity index (χ4v) is 8.26. The topological polar surface area (TPSA) is 43.6 Å². The predicted octanol–water partition coefficient (Wildman–Crippen LogP) is 12.0. The Kier molecular flexibility index (Phi) is 5.54. The summed E-state index contributed by atoms with van der Waals surface area (Å²) in [7, 11) is 0. The van der Waals surface area contributed by atoms with Crippen molar-refractivity contribution in [2.45, 2.75) is 0 Å². The van der Waals surface area contributed by atoms with E-state index in [1.54, 1.807) is 0 Å². The first kappa shape index (κ1) is 23.8. The zero-order chi connectivity index (χ0) is 37.4. The maximum atomic E-state index is 8.73. The van der Waals surface area contributed by atoms with Gasteiger partial charge in [0.2, 0.25) is 0 Å². The fraction of sp³-hybridized carbons (Fsp3) is 0. The van der Waals surface area contributed by atoms with Crippen LogP contribution in [0, 0.1) is 0 Å². The van der Waals surface area contributed by atoms with Gasteiger partial charge in [-0.2, -0.15) is 0 Å². The summed E-state index contributed by atoms with van der Waals surface area (Å²) in [5, 5.41) is 3.94. The molecule has 0 spiro atoms. The molecule has 0 unspecified atom stereocenters. The lowest BCUT2D eigenvalue weighted by Crippen LogP contribution is -2.01. The number of thiophene rings is 1. The van der Waals surface area contributed by atoms with Crippen LogP contribution in [-0.4, -0.2) is 19.5 Å². The van der Waals surface area contributed by atoms with Crippen LogP contribution in [0.3, 0.4) is 0 Å². The summed E-state index contributed by atoms with van der Waals surface area (Å²) in [5.41, 5.74) is 6.50. The summed E-state index contributed by atoms with van der Waals surface area (Å²) in [6.07, 6.45) is 0. The molecule has 0 fully saturated rings. The molecule has 0 aliphatic rings. The lowest BCUT2D eigenvalue weighted by molar-refractivity contribution is 1.08. The predicted molar refractivity (Wildman–Crippen MR) is 209 cm³/mol. The molecule has 0 radical (unpaired) electrons. The second-order valence-corrected chi connectivity index (χ2v) is 13.1. The highest BCUT2D eigenvalue weighted by molar-refractivity contribution is 7.26. The van der Waals surface area contributed by atoms with E-state index >= 15 is 0 Å². The van der Waals surface area contributed by atoms with E-state index in [1.807, 2.05) is 84.9 Å². The molecule has 50 heavy (non-hydrogen) atoms. The van der Waals surface area contributed by atoms with E-state index in [1.165, 1.54) is 11.3 Å². The maximum Gasteiger partial charge on any atom is 0.164 e. The zero-order valence-corrected chi connectivity index (χ0v) is 27.3. The molecule has 0 saturated heterocycles. The molecule has 0 N–H and O–H groups in total. The van der Waals surface area contributed by atoms with Crippen LogP contribution in [0.25, 0.3) is 93.0 Å². The van der Waals surface area contributed by atoms with Gasteiger partial charge in [-0.1, -0.05) is 139 Å². The number of hydrogen-bond donors (Lipinski definition) is 0. The molecule has 0 atom stereocenters. The van der Waals surface area contributed by atoms with Crippen molar-refractivity contribution in [3.05, 3.63) is 170 Å². The van der Waals surface area contributed by atoms with Crippen LogP contribution in [0.1, 0.15) is 6.85 Å². The standard InChI is InChI=1S/C45H28N4S/c1-4-15-29(16-5-1)32-22-12-23-34-41-36(25-14-28-39(41)50-42(32)34)45-47-43(30-17-6-2-7-18-30)46-44(48-45)35-24-13-27-38-40(35)33-21-10-11-26-37(33)49(38)31-19-8-3-9-20-31/h1-28H/i1D,4D,5D,15D,16D. The Morgan fingerprint density at radius 3 is 1.86 bits per heavy atom. The summed E-state index contributed by atoms with van der Waals surface area (Å²) in [4.78, 5) is 15.5. The Morgan fingerprint density at radius 1 is 0.460 bits per heavy atom. The van der Waals surface area contributed by atoms with Gasteiger partial charge in [-0.15, -0.1) is 11.3 Å². The molecule has 3 aromatic heterocycles. The molecule has 234 valence electrons. The van der Waals surface area contributed by atoms with Crippen molar-refractivity contribution in [3.8, 4) is 51.0 Å². The van der Waals surface area contributed by atoms with Gasteiger partial charge in [0.1, 0.15) is 0 Å². The molecule has 10 rings (SSSR count). The largest absolute Gasteiger partial charge is 0.309 e. The highest BCUT2D eigenvalue weighted by Crippen LogP contribution is 2.44. The molecule has 0 amide bonds. The SMILES string of the molecule is [2H]c1c([2H])c([2H])c(-c2cccc3c2sc2cccc(-c4nc(-c5ccccc5)nc(-c5cccc6c5c5ccccc5n6-c5ccccc5)n4)c23)c([2H])c1[2H]. The lowest BCUT2D eigenvalue weighted by Gasteiger charge is -2.11. The minimum atomic E-state index is -0.412. The first-order chi connectivity index (χ1) is 26.9. The Morgan fingerprint density at radius 2 is 1.06 bits per heavy atom. The number of nitrogens with zero attached hydrogens (tertiary/aromatic N) is 4. The van der Waals surface area contributed by atoms with Crippen LogP contribution in [0.15, 0.2) is 170 Å². The van der Waals surface area contributed by atoms with Gasteiger partial charge in [-0.3, -0.25) is 0 Å². The van der Waals surface area contributed by atoms with Crippen LogP contribution >= 0.6 is 11.3 Å². The molecule has 0 bridgehead atoms. The Bertz CT molecular complexity index is 3130. The second-order valence-electron chi connectivity index (χ2n) is 12.0. The van der Waals surface area contributed by atoms with E-state index in [-0.39, 0.29) is 29.7 Å². The summed E-state index contributed by atoms with van der Waals surface area (Å²) in [6.45, 7) is 0. The van der Waals surface area contributed by atoms with Crippen molar-refractivity contribution < 1.29 is 6.85 Å². The molecule has 5 heteroatoms. The van der Waals surface area contributed by atoms with Gasteiger partial charge in [-0.25, -0.2) is 15.0 Å². The van der Waals surface area contributed by atoms with Crippen LogP contribution < -0.4 is 0 Å². The second kappa shape index (κ2) is 11.6. The van der Waals surface area contributed by atoms with E-state index in [0.717, 1.165) is 64.4 Å². The monoisotopic (exact) mass is 661 g/mol. The molecule has 0 aliphatic heterocycles. The Labute approximate surface area is 299 Å². The van der Waals surface area contributed by atoms with Crippen molar-refractivity contribution >= 4 is 53.3 Å². The van der Waals surface area contributed by atoms with Crippen molar-refractivity contribution in [1.29, 1.82) is 0 Å². The van der Waals surface area contributed by atoms with Crippen molar-refractivity contribution in [1.82, 2.24) is 19.5 Å². The van der Waals surface area contributed by atoms with Crippen molar-refractivity contribution in [3.63, 3.8) is 0 Å². The maximum absolute atomic E-state index is 8.73. The molecule has 0 saturated carbocycles. The molecule has 10 aromatic rings. The minimum absolute atomic E-state index is 0.182. The highest BCUT2D eigenvalue weighted by atomic mass is 32.1. The summed E-state index contributed by atoms with van der Waals surface area (Å²) in [6, 6.07) is 45.1. The third kappa shape index (κ3) is 4.55. The minimum Gasteiger partial charge on any atom is -0.309 e. The fourth-order valence-electron chi connectivity index (χ4n) is 7.01. The van der Waals surface area contributed by atoms with E-state index < -0.39 is 6.04 Å². The third-order valence-electron chi connectivity index (χ3n) is 9.15. The number of para-hydroxylation sites is 2. The van der Waals surface area contributed by atoms with E-state index in [0.29, 0.717) is 23.0 Å². The van der Waals surface area contributed by atoms with Crippen LogP contribution in [0.4, 0.5) is 0 Å². The lowest BCUT2D eigenvalue weighted by atomic mass is 10.0. The van der Waals surface area contributed by atoms with Crippen LogP contribution in [0.2, 0.25) is 0 Å². The van der Waals surface area contributed by atoms with Gasteiger partial charge < -0.3 is 4.57 Å². The van der Waals surface area contributed by atoms with E-state index in [2.05, 4.69) is 59.2 Å². The van der Waals surface area contributed by atoms with Gasteiger partial charge in [0.25, 0.3) is 0 Å². The molecule has 0 aliphatic carbocycles. The highest BCUT2D eigenvalue weighted by Gasteiger charge is 2.21. The van der Waals surface area contributed by atoms with E-state index in [4.69, 9.17) is 21.8 Å². The normalized spacial score (nSPS) is 13.0. The molecular weight excluding hydrogens is 629 g/mol. The van der Waals surface area contributed by atoms with Gasteiger partial charge in [0.15, 0.2) is 17.5 Å². The first-order valence-corrected chi connectivity index (χ1v) is 17.1. The van der Waals surface area contributed by atoms with Gasteiger partial charge in [0.05, 0.1) is 17.9 Å². The first-order valence-electron chi connectivity index (χ1n) is 18.8. The molecule has 7 aromatic carbocycles. The number of benzene rings is 7. The molecule has 4 nitrogen and oxygen atoms in total. The van der Waals surface area contributed by atoms with Gasteiger partial charge in [-0.05, 0) is 41.5 Å². The van der Waals surface area contributed by atoms with Crippen molar-refractivity contribution in [2.24, 2.45) is 0 Å². The summed E-state index contributed by atoms with van der Waals surface area (Å²) < 4.78 is 46.3.